The molecule has 0 fully saturated rings. The lowest BCUT2D eigenvalue weighted by Crippen LogP contribution is -2.09. The minimum atomic E-state index is -0.100. The fourth-order valence-corrected chi connectivity index (χ4v) is 9.65. The van der Waals surface area contributed by atoms with Crippen LogP contribution in [-0.2, 0) is 12.8 Å². The van der Waals surface area contributed by atoms with Crippen molar-refractivity contribution in [2.45, 2.75) is 78.1 Å². The molecule has 222 valence electrons. The Morgan fingerprint density at radius 2 is 1.30 bits per heavy atom. The lowest BCUT2D eigenvalue weighted by Gasteiger charge is -2.03. The van der Waals surface area contributed by atoms with E-state index in [0.29, 0.717) is 11.3 Å². The minimum Gasteiger partial charge on any atom is -0.321 e. The second kappa shape index (κ2) is 15.6. The molecule has 0 aliphatic heterocycles. The normalized spacial score (nSPS) is 11.1. The van der Waals surface area contributed by atoms with Crippen LogP contribution in [0.15, 0.2) is 66.0 Å². The van der Waals surface area contributed by atoms with Crippen LogP contribution in [-0.4, -0.2) is 5.91 Å². The number of nitrogens with one attached hydrogen (secondary N) is 1. The number of anilines is 1. The highest BCUT2D eigenvalue weighted by Crippen LogP contribution is 2.45. The van der Waals surface area contributed by atoms with Crippen LogP contribution >= 0.6 is 45.3 Å². The number of hydrogen-bond donors (Lipinski definition) is 1. The summed E-state index contributed by atoms with van der Waals surface area (Å²) in [5.74, 6) is -0.100. The molecule has 0 saturated heterocycles. The van der Waals surface area contributed by atoms with E-state index in [1.54, 1.807) is 35.6 Å². The number of carbonyl (C=O) groups excluding carboxylic acids is 1. The van der Waals surface area contributed by atoms with Gasteiger partial charge in [-0.25, -0.2) is 0 Å². The monoisotopic (exact) mass is 642 g/mol. The number of unbranched alkanes of at least 4 members (excludes halogenated alkanes) is 6. The molecule has 0 aliphatic rings. The maximum absolute atomic E-state index is 13.2. The number of rotatable bonds is 15. The van der Waals surface area contributed by atoms with Gasteiger partial charge in [-0.1, -0.05) is 52.4 Å². The second-order valence-corrected chi connectivity index (χ2v) is 15.0. The van der Waals surface area contributed by atoms with E-state index in [1.807, 2.05) is 34.0 Å². The average molecular weight is 643 g/mol. The van der Waals surface area contributed by atoms with Crippen molar-refractivity contribution in [3.63, 3.8) is 0 Å². The van der Waals surface area contributed by atoms with Gasteiger partial charge in [0.1, 0.15) is 0 Å². The van der Waals surface area contributed by atoms with Gasteiger partial charge < -0.3 is 5.32 Å². The van der Waals surface area contributed by atoms with Crippen LogP contribution in [0.2, 0.25) is 0 Å². The summed E-state index contributed by atoms with van der Waals surface area (Å²) in [4.78, 5) is 21.8. The Bertz CT molecular complexity index is 1660. The number of nitriles is 1. The summed E-state index contributed by atoms with van der Waals surface area (Å²) in [6.45, 7) is 4.50. The van der Waals surface area contributed by atoms with Gasteiger partial charge >= 0.3 is 0 Å². The summed E-state index contributed by atoms with van der Waals surface area (Å²) in [6, 6.07) is 22.6. The van der Waals surface area contributed by atoms with Crippen LogP contribution in [0.1, 0.15) is 91.6 Å². The molecule has 0 aliphatic carbocycles. The Kier molecular flexibility index (Phi) is 11.4. The fourth-order valence-electron chi connectivity index (χ4n) is 5.17. The Morgan fingerprint density at radius 1 is 0.698 bits per heavy atom. The van der Waals surface area contributed by atoms with E-state index in [0.717, 1.165) is 24.1 Å². The Hall–Kier alpha value is -3.02. The van der Waals surface area contributed by atoms with Crippen molar-refractivity contribution in [1.82, 2.24) is 0 Å². The summed E-state index contributed by atoms with van der Waals surface area (Å²) < 4.78 is 0. The molecule has 7 heteroatoms. The van der Waals surface area contributed by atoms with Gasteiger partial charge in [-0.3, -0.25) is 4.79 Å². The molecule has 1 N–H and O–H groups in total. The highest BCUT2D eigenvalue weighted by molar-refractivity contribution is 7.28. The maximum atomic E-state index is 13.2. The van der Waals surface area contributed by atoms with Gasteiger partial charge in [-0.2, -0.15) is 5.26 Å². The second-order valence-electron chi connectivity index (χ2n) is 10.8. The summed E-state index contributed by atoms with van der Waals surface area (Å²) in [5, 5.41) is 14.3. The summed E-state index contributed by atoms with van der Waals surface area (Å²) >= 11 is 7.16. The van der Waals surface area contributed by atoms with Crippen molar-refractivity contribution < 1.29 is 4.79 Å². The lowest BCUT2D eigenvalue weighted by molar-refractivity contribution is 0.103. The van der Waals surface area contributed by atoms with Crippen molar-refractivity contribution >= 4 is 56.9 Å². The van der Waals surface area contributed by atoms with Crippen LogP contribution in [0.4, 0.5) is 5.69 Å². The van der Waals surface area contributed by atoms with E-state index < -0.39 is 0 Å². The lowest BCUT2D eigenvalue weighted by atomic mass is 10.1. The van der Waals surface area contributed by atoms with E-state index in [-0.39, 0.29) is 5.91 Å². The van der Waals surface area contributed by atoms with Crippen molar-refractivity contribution in [3.05, 3.63) is 87.6 Å². The molecule has 0 unspecified atom stereocenters. The smallest absolute Gasteiger partial charge is 0.265 e. The van der Waals surface area contributed by atoms with E-state index in [1.165, 1.54) is 85.3 Å². The predicted molar refractivity (Wildman–Crippen MR) is 189 cm³/mol. The van der Waals surface area contributed by atoms with Crippen molar-refractivity contribution in [1.29, 1.82) is 5.26 Å². The maximum Gasteiger partial charge on any atom is 0.265 e. The highest BCUT2D eigenvalue weighted by atomic mass is 32.1. The summed E-state index contributed by atoms with van der Waals surface area (Å²) in [7, 11) is 0. The minimum absolute atomic E-state index is 0.100. The van der Waals surface area contributed by atoms with Gasteiger partial charge in [0.25, 0.3) is 5.91 Å². The molecule has 0 saturated carbocycles. The molecule has 1 amide bonds. The quantitative estimate of drug-likeness (QED) is 0.116. The van der Waals surface area contributed by atoms with Crippen LogP contribution in [0.5, 0.6) is 0 Å². The van der Waals surface area contributed by atoms with Crippen molar-refractivity contribution in [2.75, 3.05) is 5.32 Å². The molecular weight excluding hydrogens is 605 g/mol. The molecule has 0 radical (unpaired) electrons. The van der Waals surface area contributed by atoms with Crippen molar-refractivity contribution in [2.24, 2.45) is 0 Å². The zero-order valence-corrected chi connectivity index (χ0v) is 28.2. The molecular formula is C36H38N2OS4. The van der Waals surface area contributed by atoms with E-state index in [9.17, 15) is 4.79 Å². The van der Waals surface area contributed by atoms with Gasteiger partial charge in [-0.05, 0) is 103 Å². The van der Waals surface area contributed by atoms with Crippen LogP contribution < -0.4 is 5.32 Å². The van der Waals surface area contributed by atoms with E-state index in [4.69, 9.17) is 5.26 Å². The molecule has 4 aromatic heterocycles. The number of thiophene rings is 4. The van der Waals surface area contributed by atoms with Crippen LogP contribution in [0, 0.1) is 11.3 Å². The standard InChI is InChI=1S/C36H38N2OS4/c1-3-5-7-9-11-26-21-22-40-34(26)31-19-17-29(41-31)30-18-20-32(42-30)35-27(12-10-8-6-4-2)23-33(43-35)36(39)38-28-15-13-25(24-37)14-16-28/h13-23H,3-12H2,1-2H3,(H,38,39). The Labute approximate surface area is 271 Å². The van der Waals surface area contributed by atoms with Gasteiger partial charge in [0, 0.05) is 35.0 Å². The number of carbonyl (C=O) groups is 1. The first-order chi connectivity index (χ1) is 21.1. The summed E-state index contributed by atoms with van der Waals surface area (Å²) in [6.07, 6.45) is 12.1. The van der Waals surface area contributed by atoms with Gasteiger partial charge in [-0.15, -0.1) is 45.3 Å². The Morgan fingerprint density at radius 3 is 1.93 bits per heavy atom. The Balaban J connectivity index is 1.35. The summed E-state index contributed by atoms with van der Waals surface area (Å²) in [5.41, 5.74) is 4.03. The number of benzene rings is 1. The van der Waals surface area contributed by atoms with Crippen LogP contribution in [0.25, 0.3) is 29.3 Å². The number of aryl methyl sites for hydroxylation is 2. The molecule has 43 heavy (non-hydrogen) atoms. The van der Waals surface area contributed by atoms with Crippen molar-refractivity contribution in [3.8, 4) is 35.3 Å². The average Bonchev–Trinajstić information content (AvgIpc) is 3.84. The number of amides is 1. The topological polar surface area (TPSA) is 52.9 Å². The van der Waals surface area contributed by atoms with Crippen LogP contribution in [0.3, 0.4) is 0 Å². The van der Waals surface area contributed by atoms with E-state index in [2.05, 4.69) is 67.0 Å². The molecule has 3 nitrogen and oxygen atoms in total. The molecule has 1 aromatic carbocycles. The van der Waals surface area contributed by atoms with E-state index >= 15 is 0 Å². The highest BCUT2D eigenvalue weighted by Gasteiger charge is 2.19. The zero-order chi connectivity index (χ0) is 30.0. The molecule has 0 spiro atoms. The number of nitrogens with zero attached hydrogens (tertiary/aromatic N) is 1. The first-order valence-corrected chi connectivity index (χ1v) is 18.6. The molecule has 0 bridgehead atoms. The van der Waals surface area contributed by atoms with Gasteiger partial charge in [0.15, 0.2) is 0 Å². The first kappa shape index (κ1) is 31.4. The predicted octanol–water partition coefficient (Wildman–Crippen LogP) is 12.3. The molecule has 4 heterocycles. The zero-order valence-electron chi connectivity index (χ0n) is 24.9. The van der Waals surface area contributed by atoms with Gasteiger partial charge in [0.2, 0.25) is 0 Å². The third-order valence-electron chi connectivity index (χ3n) is 7.55. The molecule has 5 rings (SSSR count). The van der Waals surface area contributed by atoms with Gasteiger partial charge in [0.05, 0.1) is 16.5 Å². The first-order valence-electron chi connectivity index (χ1n) is 15.3. The number of hydrogen-bond acceptors (Lipinski definition) is 6. The third kappa shape index (κ3) is 8.13. The SMILES string of the molecule is CCCCCCc1ccsc1-c1ccc(-c2ccc(-c3sc(C(=O)Nc4ccc(C#N)cc4)cc3CCCCCC)s2)s1. The molecule has 5 aromatic rings. The largest absolute Gasteiger partial charge is 0.321 e. The fraction of sp³-hybridized carbons (Fsp3) is 0.333. The molecule has 0 atom stereocenters. The third-order valence-corrected chi connectivity index (χ3v) is 12.4.